The summed E-state index contributed by atoms with van der Waals surface area (Å²) in [6.07, 6.45) is 4.09. The lowest BCUT2D eigenvalue weighted by atomic mass is 9.97. The van der Waals surface area contributed by atoms with Crippen LogP contribution < -0.4 is 11.1 Å². The Morgan fingerprint density at radius 1 is 0.870 bits per heavy atom. The van der Waals surface area contributed by atoms with Gasteiger partial charge in [0.2, 0.25) is 5.91 Å². The molecule has 2 amide bonds. The van der Waals surface area contributed by atoms with Gasteiger partial charge in [-0.05, 0) is 48.6 Å². The van der Waals surface area contributed by atoms with Crippen molar-refractivity contribution >= 4 is 41.2 Å². The van der Waals surface area contributed by atoms with Crippen molar-refractivity contribution in [2.24, 2.45) is 10.7 Å². The monoisotopic (exact) mass is 622 g/mol. The van der Waals surface area contributed by atoms with E-state index in [9.17, 15) is 19.2 Å². The van der Waals surface area contributed by atoms with Gasteiger partial charge in [-0.3, -0.25) is 14.4 Å². The Morgan fingerprint density at radius 2 is 1.59 bits per heavy atom. The topological polar surface area (TPSA) is 131 Å². The Balaban J connectivity index is 1.33. The summed E-state index contributed by atoms with van der Waals surface area (Å²) >= 11 is 0. The molecule has 4 rings (SSSR count). The van der Waals surface area contributed by atoms with Crippen LogP contribution in [0.15, 0.2) is 83.4 Å². The molecule has 0 fully saturated rings. The molecule has 0 saturated heterocycles. The molecule has 1 heterocycles. The Morgan fingerprint density at radius 3 is 2.33 bits per heavy atom. The number of nitrogens with two attached hydrogens (primary N) is 1. The third-order valence-electron chi connectivity index (χ3n) is 7.54. The summed E-state index contributed by atoms with van der Waals surface area (Å²) in [6.45, 7) is 5.94. The second kappa shape index (κ2) is 16.9. The highest BCUT2D eigenvalue weighted by molar-refractivity contribution is 6.06. The molecule has 0 bridgehead atoms. The minimum absolute atomic E-state index is 0.0399. The number of ketones is 2. The number of amides is 2. The van der Waals surface area contributed by atoms with Crippen molar-refractivity contribution in [3.8, 4) is 0 Å². The first-order valence-electron chi connectivity index (χ1n) is 15.8. The largest absolute Gasteiger partial charge is 0.445 e. The van der Waals surface area contributed by atoms with Crippen molar-refractivity contribution in [2.45, 2.75) is 59.0 Å². The first-order valence-corrected chi connectivity index (χ1v) is 15.8. The van der Waals surface area contributed by atoms with E-state index in [1.54, 1.807) is 36.4 Å². The van der Waals surface area contributed by atoms with E-state index in [2.05, 4.69) is 10.3 Å². The van der Waals surface area contributed by atoms with Gasteiger partial charge in [0, 0.05) is 61.2 Å². The number of hydrogen-bond donors (Lipinski definition) is 2. The Bertz CT molecular complexity index is 1610. The highest BCUT2D eigenvalue weighted by Gasteiger charge is 2.21. The number of benzene rings is 3. The summed E-state index contributed by atoms with van der Waals surface area (Å²) in [7, 11) is 0. The van der Waals surface area contributed by atoms with Gasteiger partial charge in [-0.25, -0.2) is 9.79 Å². The summed E-state index contributed by atoms with van der Waals surface area (Å²) in [6, 6.07) is 21.7. The standard InChI is InChI=1S/C37H42N4O5/c1-3-18-41(19-4-2)36(44)31-22-28-15-16-30(23-32(28)40-35(38)24-31)34(43)21-27-12-8-13-29(20-27)33(42)14-9-17-39-37(45)46-25-26-10-6-5-7-11-26/h5-8,10-13,15-16,20,22-23H,3-4,9,14,17-19,21,24-25H2,1-2H3,(H2,38,40)(H,39,45). The van der Waals surface area contributed by atoms with E-state index in [0.717, 1.165) is 29.5 Å². The van der Waals surface area contributed by atoms with Crippen LogP contribution in [0.4, 0.5) is 10.5 Å². The fourth-order valence-corrected chi connectivity index (χ4v) is 5.26. The maximum Gasteiger partial charge on any atom is 0.407 e. The number of carbonyl (C=O) groups is 4. The number of ether oxygens (including phenoxy) is 1. The number of rotatable bonds is 15. The smallest absolute Gasteiger partial charge is 0.407 e. The maximum atomic E-state index is 13.3. The van der Waals surface area contributed by atoms with Crippen LogP contribution in [-0.2, 0) is 22.6 Å². The van der Waals surface area contributed by atoms with Gasteiger partial charge in [0.25, 0.3) is 0 Å². The maximum absolute atomic E-state index is 13.3. The minimum atomic E-state index is -0.529. The molecule has 0 aromatic heterocycles. The molecule has 1 aliphatic heterocycles. The predicted octanol–water partition coefficient (Wildman–Crippen LogP) is 6.43. The van der Waals surface area contributed by atoms with Crippen molar-refractivity contribution in [3.05, 3.63) is 106 Å². The van der Waals surface area contributed by atoms with Gasteiger partial charge < -0.3 is 20.7 Å². The SMILES string of the molecule is CCCN(CCC)C(=O)C1=Cc2ccc(C(=O)Cc3cccc(C(=O)CCCNC(=O)OCc4ccccc4)c3)cc2N=C(N)C1. The van der Waals surface area contributed by atoms with Gasteiger partial charge in [0.15, 0.2) is 11.6 Å². The number of hydrogen-bond acceptors (Lipinski definition) is 7. The van der Waals surface area contributed by atoms with Crippen LogP contribution >= 0.6 is 0 Å². The highest BCUT2D eigenvalue weighted by atomic mass is 16.5. The molecule has 9 nitrogen and oxygen atoms in total. The van der Waals surface area contributed by atoms with Gasteiger partial charge in [-0.15, -0.1) is 0 Å². The molecule has 0 aliphatic carbocycles. The summed E-state index contributed by atoms with van der Waals surface area (Å²) in [5, 5.41) is 2.67. The number of nitrogens with zero attached hydrogens (tertiary/aromatic N) is 2. The summed E-state index contributed by atoms with van der Waals surface area (Å²) in [5.74, 6) is 0.0847. The number of carbonyl (C=O) groups excluding carboxylic acids is 4. The van der Waals surface area contributed by atoms with Crippen LogP contribution in [0.3, 0.4) is 0 Å². The third-order valence-corrected chi connectivity index (χ3v) is 7.54. The molecule has 9 heteroatoms. The van der Waals surface area contributed by atoms with Crippen molar-refractivity contribution in [1.29, 1.82) is 0 Å². The number of aliphatic imine (C=N–C) groups is 1. The van der Waals surface area contributed by atoms with Crippen LogP contribution in [0.25, 0.3) is 6.08 Å². The average Bonchev–Trinajstić information content (AvgIpc) is 3.23. The molecular weight excluding hydrogens is 580 g/mol. The predicted molar refractivity (Wildman–Crippen MR) is 180 cm³/mol. The van der Waals surface area contributed by atoms with Crippen LogP contribution in [0, 0.1) is 0 Å². The van der Waals surface area contributed by atoms with E-state index < -0.39 is 6.09 Å². The number of fused-ring (bicyclic) bond motifs is 1. The molecule has 3 N–H and O–H groups in total. The van der Waals surface area contributed by atoms with Crippen LogP contribution in [-0.4, -0.2) is 53.9 Å². The van der Waals surface area contributed by atoms with E-state index in [0.29, 0.717) is 54.3 Å². The second-order valence-corrected chi connectivity index (χ2v) is 11.3. The van der Waals surface area contributed by atoms with Crippen LogP contribution in [0.5, 0.6) is 0 Å². The number of alkyl carbamates (subject to hydrolysis) is 1. The van der Waals surface area contributed by atoms with E-state index in [-0.39, 0.29) is 43.3 Å². The molecule has 46 heavy (non-hydrogen) atoms. The lowest BCUT2D eigenvalue weighted by Gasteiger charge is -2.22. The molecule has 1 aliphatic rings. The third kappa shape index (κ3) is 9.72. The Hall–Kier alpha value is -5.05. The molecule has 0 atom stereocenters. The first-order chi connectivity index (χ1) is 22.3. The molecule has 0 saturated carbocycles. The molecule has 0 radical (unpaired) electrons. The summed E-state index contributed by atoms with van der Waals surface area (Å²) in [4.78, 5) is 57.7. The number of Topliss-reactive ketones (excluding diaryl/α,β-unsaturated/α-hetero) is 2. The summed E-state index contributed by atoms with van der Waals surface area (Å²) in [5.41, 5.74) is 10.7. The van der Waals surface area contributed by atoms with E-state index >= 15 is 0 Å². The zero-order chi connectivity index (χ0) is 32.9. The van der Waals surface area contributed by atoms with Crippen LogP contribution in [0.1, 0.15) is 83.4 Å². The fourth-order valence-electron chi connectivity index (χ4n) is 5.26. The first kappa shape index (κ1) is 33.8. The molecule has 240 valence electrons. The van der Waals surface area contributed by atoms with Gasteiger partial charge in [0.1, 0.15) is 12.4 Å². The normalized spacial score (nSPS) is 12.2. The zero-order valence-corrected chi connectivity index (χ0v) is 26.6. The molecular formula is C37H42N4O5. The van der Waals surface area contributed by atoms with E-state index in [1.807, 2.05) is 61.2 Å². The fraction of sp³-hybridized carbons (Fsp3) is 0.324. The average molecular weight is 623 g/mol. The molecule has 3 aromatic rings. The molecule has 0 spiro atoms. The van der Waals surface area contributed by atoms with Gasteiger partial charge in [-0.1, -0.05) is 74.5 Å². The van der Waals surface area contributed by atoms with Crippen LogP contribution in [0.2, 0.25) is 0 Å². The minimum Gasteiger partial charge on any atom is -0.445 e. The van der Waals surface area contributed by atoms with Gasteiger partial charge in [0.05, 0.1) is 5.69 Å². The van der Waals surface area contributed by atoms with Crippen molar-refractivity contribution in [1.82, 2.24) is 10.2 Å². The zero-order valence-electron chi connectivity index (χ0n) is 26.6. The Kier molecular flexibility index (Phi) is 12.4. The highest BCUT2D eigenvalue weighted by Crippen LogP contribution is 2.29. The number of amidine groups is 1. The van der Waals surface area contributed by atoms with Gasteiger partial charge in [-0.2, -0.15) is 0 Å². The van der Waals surface area contributed by atoms with Crippen molar-refractivity contribution < 1.29 is 23.9 Å². The number of nitrogens with one attached hydrogen (secondary N) is 1. The van der Waals surface area contributed by atoms with Gasteiger partial charge >= 0.3 is 6.09 Å². The summed E-state index contributed by atoms with van der Waals surface area (Å²) < 4.78 is 5.19. The van der Waals surface area contributed by atoms with Crippen molar-refractivity contribution in [2.75, 3.05) is 19.6 Å². The second-order valence-electron chi connectivity index (χ2n) is 11.3. The molecule has 3 aromatic carbocycles. The lowest BCUT2D eigenvalue weighted by molar-refractivity contribution is -0.127. The Labute approximate surface area is 270 Å². The van der Waals surface area contributed by atoms with E-state index in [1.165, 1.54) is 0 Å². The lowest BCUT2D eigenvalue weighted by Crippen LogP contribution is -2.34. The quantitative estimate of drug-likeness (QED) is 0.148. The van der Waals surface area contributed by atoms with E-state index in [4.69, 9.17) is 10.5 Å². The molecule has 0 unspecified atom stereocenters. The van der Waals surface area contributed by atoms with Crippen molar-refractivity contribution in [3.63, 3.8) is 0 Å².